The molecule has 0 N–H and O–H groups in total. The molecule has 0 radical (unpaired) electrons. The van der Waals surface area contributed by atoms with E-state index < -0.39 is 4.92 Å². The summed E-state index contributed by atoms with van der Waals surface area (Å²) in [7, 11) is 0. The van der Waals surface area contributed by atoms with Gasteiger partial charge in [0.2, 0.25) is 11.7 Å². The second kappa shape index (κ2) is 7.90. The molecule has 7 heteroatoms. The Morgan fingerprint density at radius 2 is 1.96 bits per heavy atom. The van der Waals surface area contributed by atoms with E-state index in [1.54, 1.807) is 12.1 Å². The third-order valence-electron chi connectivity index (χ3n) is 5.23. The van der Waals surface area contributed by atoms with E-state index in [1.165, 1.54) is 30.5 Å². The molecule has 144 valence electrons. The average molecular weight is 378 g/mol. The molecule has 1 atom stereocenters. The third-order valence-corrected chi connectivity index (χ3v) is 5.23. The van der Waals surface area contributed by atoms with Crippen LogP contribution < -0.4 is 0 Å². The molecule has 1 aliphatic carbocycles. The average Bonchev–Trinajstić information content (AvgIpc) is 3.46. The molecule has 0 saturated heterocycles. The smallest absolute Gasteiger partial charge is 0.270 e. The summed E-state index contributed by atoms with van der Waals surface area (Å²) in [6.45, 7) is 3.61. The van der Waals surface area contributed by atoms with Gasteiger partial charge in [0.15, 0.2) is 0 Å². The molecule has 1 fully saturated rings. The lowest BCUT2D eigenvalue weighted by Crippen LogP contribution is -2.33. The van der Waals surface area contributed by atoms with E-state index in [0.717, 1.165) is 6.54 Å². The molecule has 7 nitrogen and oxygen atoms in total. The molecule has 2 aromatic carbocycles. The van der Waals surface area contributed by atoms with Gasteiger partial charge in [0.1, 0.15) is 0 Å². The maximum absolute atomic E-state index is 11.0. The van der Waals surface area contributed by atoms with E-state index in [-0.39, 0.29) is 5.69 Å². The molecule has 1 saturated carbocycles. The van der Waals surface area contributed by atoms with Crippen molar-refractivity contribution in [1.29, 1.82) is 0 Å². The molecular weight excluding hydrogens is 356 g/mol. The zero-order valence-corrected chi connectivity index (χ0v) is 15.7. The number of non-ortho nitro benzene ring substituents is 1. The number of nitro groups is 1. The maximum atomic E-state index is 11.0. The molecule has 1 unspecified atom stereocenters. The monoisotopic (exact) mass is 378 g/mol. The van der Waals surface area contributed by atoms with Crippen LogP contribution in [0.15, 0.2) is 59.1 Å². The van der Waals surface area contributed by atoms with Crippen molar-refractivity contribution in [3.8, 4) is 11.4 Å². The molecule has 4 rings (SSSR count). The Balaban J connectivity index is 1.52. The first-order valence-electron chi connectivity index (χ1n) is 9.45. The van der Waals surface area contributed by atoms with E-state index in [1.807, 2.05) is 18.2 Å². The van der Waals surface area contributed by atoms with Gasteiger partial charge in [-0.25, -0.2) is 0 Å². The molecule has 28 heavy (non-hydrogen) atoms. The van der Waals surface area contributed by atoms with Gasteiger partial charge in [0.25, 0.3) is 5.69 Å². The number of aromatic nitrogens is 2. The first kappa shape index (κ1) is 18.3. The van der Waals surface area contributed by atoms with Gasteiger partial charge in [-0.1, -0.05) is 47.6 Å². The van der Waals surface area contributed by atoms with Crippen molar-refractivity contribution in [2.24, 2.45) is 5.92 Å². The standard InChI is InChI=1S/C21H22N4O3/c1-15(17-10-11-17)24(13-16-6-3-2-4-7-16)14-20-22-21(23-28-20)18-8-5-9-19(12-18)25(26)27/h2-9,12,15,17H,10-11,13-14H2,1H3. The Labute approximate surface area is 163 Å². The summed E-state index contributed by atoms with van der Waals surface area (Å²) in [5, 5.41) is 15.0. The van der Waals surface area contributed by atoms with Crippen LogP contribution >= 0.6 is 0 Å². The van der Waals surface area contributed by atoms with Gasteiger partial charge in [-0.2, -0.15) is 4.98 Å². The predicted molar refractivity (Wildman–Crippen MR) is 104 cm³/mol. The highest BCUT2D eigenvalue weighted by Gasteiger charge is 2.32. The zero-order valence-electron chi connectivity index (χ0n) is 15.7. The van der Waals surface area contributed by atoms with Crippen LogP contribution in [0.1, 0.15) is 31.2 Å². The number of hydrogen-bond acceptors (Lipinski definition) is 6. The topological polar surface area (TPSA) is 85.3 Å². The van der Waals surface area contributed by atoms with Crippen LogP contribution in [-0.2, 0) is 13.1 Å². The normalized spacial score (nSPS) is 14.9. The second-order valence-electron chi connectivity index (χ2n) is 7.29. The molecule has 0 amide bonds. The van der Waals surface area contributed by atoms with Crippen molar-refractivity contribution in [2.45, 2.75) is 38.9 Å². The van der Waals surface area contributed by atoms with Crippen LogP contribution in [0.4, 0.5) is 5.69 Å². The molecule has 0 aliphatic heterocycles. The van der Waals surface area contributed by atoms with Crippen LogP contribution in [0, 0.1) is 16.0 Å². The number of nitrogens with zero attached hydrogens (tertiary/aromatic N) is 4. The van der Waals surface area contributed by atoms with Crippen molar-refractivity contribution < 1.29 is 9.45 Å². The van der Waals surface area contributed by atoms with E-state index in [4.69, 9.17) is 4.52 Å². The summed E-state index contributed by atoms with van der Waals surface area (Å²) in [6.07, 6.45) is 2.52. The van der Waals surface area contributed by atoms with Crippen molar-refractivity contribution in [2.75, 3.05) is 0 Å². The fraction of sp³-hybridized carbons (Fsp3) is 0.333. The largest absolute Gasteiger partial charge is 0.338 e. The van der Waals surface area contributed by atoms with Crippen LogP contribution in [-0.4, -0.2) is 26.0 Å². The first-order valence-corrected chi connectivity index (χ1v) is 9.45. The fourth-order valence-electron chi connectivity index (χ4n) is 3.41. The van der Waals surface area contributed by atoms with Gasteiger partial charge in [-0.05, 0) is 31.2 Å². The lowest BCUT2D eigenvalue weighted by molar-refractivity contribution is -0.384. The van der Waals surface area contributed by atoms with Gasteiger partial charge in [0, 0.05) is 30.3 Å². The van der Waals surface area contributed by atoms with Gasteiger partial charge in [0.05, 0.1) is 11.5 Å². The van der Waals surface area contributed by atoms with Crippen LogP contribution in [0.25, 0.3) is 11.4 Å². The van der Waals surface area contributed by atoms with Gasteiger partial charge < -0.3 is 4.52 Å². The minimum Gasteiger partial charge on any atom is -0.338 e. The Morgan fingerprint density at radius 1 is 1.18 bits per heavy atom. The summed E-state index contributed by atoms with van der Waals surface area (Å²) in [5.74, 6) is 1.60. The minimum absolute atomic E-state index is 0.0110. The summed E-state index contributed by atoms with van der Waals surface area (Å²) >= 11 is 0. The van der Waals surface area contributed by atoms with Crippen molar-refractivity contribution >= 4 is 5.69 Å². The lowest BCUT2D eigenvalue weighted by atomic mass is 10.1. The quantitative estimate of drug-likeness (QED) is 0.425. The highest BCUT2D eigenvalue weighted by atomic mass is 16.6. The summed E-state index contributed by atoms with van der Waals surface area (Å²) in [5.41, 5.74) is 1.83. The first-order chi connectivity index (χ1) is 13.6. The van der Waals surface area contributed by atoms with E-state index >= 15 is 0 Å². The Hall–Kier alpha value is -3.06. The van der Waals surface area contributed by atoms with E-state index in [2.05, 4.69) is 34.1 Å². The van der Waals surface area contributed by atoms with Crippen LogP contribution in [0.2, 0.25) is 0 Å². The van der Waals surface area contributed by atoms with E-state index in [9.17, 15) is 10.1 Å². The van der Waals surface area contributed by atoms with Crippen molar-refractivity contribution in [3.63, 3.8) is 0 Å². The van der Waals surface area contributed by atoms with Gasteiger partial charge in [-0.3, -0.25) is 15.0 Å². The molecule has 0 spiro atoms. The Bertz CT molecular complexity index is 953. The minimum atomic E-state index is -0.427. The predicted octanol–water partition coefficient (Wildman–Crippen LogP) is 4.45. The zero-order chi connectivity index (χ0) is 19.5. The molecule has 1 heterocycles. The fourth-order valence-corrected chi connectivity index (χ4v) is 3.41. The molecule has 1 aromatic heterocycles. The Morgan fingerprint density at radius 3 is 2.68 bits per heavy atom. The van der Waals surface area contributed by atoms with Gasteiger partial charge >= 0.3 is 0 Å². The van der Waals surface area contributed by atoms with Crippen molar-refractivity contribution in [1.82, 2.24) is 15.0 Å². The number of benzene rings is 2. The van der Waals surface area contributed by atoms with Crippen LogP contribution in [0.3, 0.4) is 0 Å². The summed E-state index contributed by atoms with van der Waals surface area (Å²) in [6, 6.07) is 17.0. The highest BCUT2D eigenvalue weighted by Crippen LogP contribution is 2.36. The SMILES string of the molecule is CC(C1CC1)N(Cc1ccccc1)Cc1nc(-c2cccc([N+](=O)[O-])c2)no1. The number of nitro benzene ring substituents is 1. The van der Waals surface area contributed by atoms with Crippen LogP contribution in [0.5, 0.6) is 0 Å². The number of hydrogen-bond donors (Lipinski definition) is 0. The number of rotatable bonds is 8. The Kier molecular flexibility index (Phi) is 5.16. The molecule has 3 aromatic rings. The maximum Gasteiger partial charge on any atom is 0.270 e. The highest BCUT2D eigenvalue weighted by molar-refractivity contribution is 5.58. The molecular formula is C21H22N4O3. The molecule has 1 aliphatic rings. The third kappa shape index (κ3) is 4.26. The molecule has 0 bridgehead atoms. The summed E-state index contributed by atoms with van der Waals surface area (Å²) in [4.78, 5) is 17.4. The van der Waals surface area contributed by atoms with Gasteiger partial charge in [-0.15, -0.1) is 0 Å². The van der Waals surface area contributed by atoms with E-state index in [0.29, 0.717) is 35.8 Å². The van der Waals surface area contributed by atoms with Crippen molar-refractivity contribution in [3.05, 3.63) is 76.2 Å². The lowest BCUT2D eigenvalue weighted by Gasteiger charge is -2.27. The second-order valence-corrected chi connectivity index (χ2v) is 7.29. The summed E-state index contributed by atoms with van der Waals surface area (Å²) < 4.78 is 5.47.